The number of fused-ring (bicyclic) bond motifs is 1. The van der Waals surface area contributed by atoms with Crippen molar-refractivity contribution in [3.63, 3.8) is 0 Å². The van der Waals surface area contributed by atoms with Crippen molar-refractivity contribution >= 4 is 27.4 Å². The fourth-order valence-corrected chi connectivity index (χ4v) is 3.28. The number of carbonyl (C=O) groups is 1. The number of esters is 1. The van der Waals surface area contributed by atoms with Gasteiger partial charge in [0.15, 0.2) is 0 Å². The minimum absolute atomic E-state index is 0.276. The molecule has 0 aliphatic rings. The summed E-state index contributed by atoms with van der Waals surface area (Å²) in [5.41, 5.74) is 1.79. The quantitative estimate of drug-likeness (QED) is 0.658. The monoisotopic (exact) mass is 282 g/mol. The highest BCUT2D eigenvalue weighted by molar-refractivity contribution is 7.19. The molecule has 0 saturated heterocycles. The summed E-state index contributed by atoms with van der Waals surface area (Å²) >= 11 is 1.68. The standard InChI is InChI=1S/C17H14O2S/c1-12-14-9-5-6-10-15(14)20-16(12)11-19-17(18)13-7-3-2-4-8-13/h2-10H,11H2,1H3. The van der Waals surface area contributed by atoms with Gasteiger partial charge >= 0.3 is 5.97 Å². The molecule has 0 unspecified atom stereocenters. The highest BCUT2D eigenvalue weighted by atomic mass is 32.1. The van der Waals surface area contributed by atoms with E-state index < -0.39 is 0 Å². The number of thiophene rings is 1. The van der Waals surface area contributed by atoms with E-state index in [1.165, 1.54) is 15.6 Å². The van der Waals surface area contributed by atoms with Crippen LogP contribution in [0.3, 0.4) is 0 Å². The Bertz CT molecular complexity index is 744. The lowest BCUT2D eigenvalue weighted by Gasteiger charge is -2.04. The number of carbonyl (C=O) groups excluding carboxylic acids is 1. The first-order chi connectivity index (χ1) is 9.75. The fraction of sp³-hybridized carbons (Fsp3) is 0.118. The zero-order chi connectivity index (χ0) is 13.9. The highest BCUT2D eigenvalue weighted by Gasteiger charge is 2.11. The molecule has 20 heavy (non-hydrogen) atoms. The van der Waals surface area contributed by atoms with E-state index in [4.69, 9.17) is 4.74 Å². The van der Waals surface area contributed by atoms with Crippen LogP contribution in [-0.4, -0.2) is 5.97 Å². The summed E-state index contributed by atoms with van der Waals surface area (Å²) in [5, 5.41) is 1.24. The van der Waals surface area contributed by atoms with Crippen LogP contribution in [0.5, 0.6) is 0 Å². The second-order valence-electron chi connectivity index (χ2n) is 4.59. The van der Waals surface area contributed by atoms with Crippen molar-refractivity contribution in [3.8, 4) is 0 Å². The van der Waals surface area contributed by atoms with Crippen LogP contribution >= 0.6 is 11.3 Å². The minimum atomic E-state index is -0.276. The van der Waals surface area contributed by atoms with Gasteiger partial charge < -0.3 is 4.74 Å². The molecule has 0 bridgehead atoms. The summed E-state index contributed by atoms with van der Waals surface area (Å²) in [7, 11) is 0. The molecule has 3 heteroatoms. The summed E-state index contributed by atoms with van der Waals surface area (Å²) < 4.78 is 6.63. The predicted molar refractivity (Wildman–Crippen MR) is 82.1 cm³/mol. The lowest BCUT2D eigenvalue weighted by atomic mass is 10.1. The van der Waals surface area contributed by atoms with E-state index >= 15 is 0 Å². The van der Waals surface area contributed by atoms with Gasteiger partial charge in [-0.15, -0.1) is 11.3 Å². The van der Waals surface area contributed by atoms with E-state index in [-0.39, 0.29) is 5.97 Å². The number of hydrogen-bond acceptors (Lipinski definition) is 3. The number of ether oxygens (including phenoxy) is 1. The summed E-state index contributed by atoms with van der Waals surface area (Å²) in [4.78, 5) is 13.0. The van der Waals surface area contributed by atoms with E-state index in [9.17, 15) is 4.79 Å². The van der Waals surface area contributed by atoms with Crippen LogP contribution in [0, 0.1) is 6.92 Å². The summed E-state index contributed by atoms with van der Waals surface area (Å²) in [6.07, 6.45) is 0. The molecule has 3 aromatic rings. The molecule has 2 aromatic carbocycles. The van der Waals surface area contributed by atoms with Gasteiger partial charge in [0.25, 0.3) is 0 Å². The zero-order valence-corrected chi connectivity index (χ0v) is 11.9. The number of rotatable bonds is 3. The molecular formula is C17H14O2S. The average Bonchev–Trinajstić information content (AvgIpc) is 2.83. The lowest BCUT2D eigenvalue weighted by molar-refractivity contribution is 0.0476. The highest BCUT2D eigenvalue weighted by Crippen LogP contribution is 2.31. The van der Waals surface area contributed by atoms with Gasteiger partial charge in [0.05, 0.1) is 5.56 Å². The van der Waals surface area contributed by atoms with Crippen molar-refractivity contribution < 1.29 is 9.53 Å². The normalized spacial score (nSPS) is 10.7. The first-order valence-corrected chi connectivity index (χ1v) is 7.26. The second kappa shape index (κ2) is 5.47. The van der Waals surface area contributed by atoms with Gasteiger partial charge in [0.1, 0.15) is 6.61 Å². The Hall–Kier alpha value is -2.13. The Morgan fingerprint density at radius 2 is 1.75 bits per heavy atom. The average molecular weight is 282 g/mol. The molecule has 2 nitrogen and oxygen atoms in total. The summed E-state index contributed by atoms with van der Waals surface area (Å²) in [6, 6.07) is 17.3. The van der Waals surface area contributed by atoms with Gasteiger partial charge in [-0.05, 0) is 36.1 Å². The van der Waals surface area contributed by atoms with Crippen LogP contribution in [-0.2, 0) is 11.3 Å². The van der Waals surface area contributed by atoms with Crippen LogP contribution in [0.25, 0.3) is 10.1 Å². The zero-order valence-electron chi connectivity index (χ0n) is 11.1. The number of aryl methyl sites for hydroxylation is 1. The van der Waals surface area contributed by atoms with Crippen molar-refractivity contribution in [2.75, 3.05) is 0 Å². The molecule has 0 saturated carbocycles. The van der Waals surface area contributed by atoms with Crippen molar-refractivity contribution in [2.45, 2.75) is 13.5 Å². The van der Waals surface area contributed by atoms with Crippen LogP contribution < -0.4 is 0 Å². The summed E-state index contributed by atoms with van der Waals surface area (Å²) in [6.45, 7) is 2.41. The maximum Gasteiger partial charge on any atom is 0.338 e. The van der Waals surface area contributed by atoms with Gasteiger partial charge in [-0.2, -0.15) is 0 Å². The molecule has 0 fully saturated rings. The van der Waals surface area contributed by atoms with Crippen molar-refractivity contribution in [1.82, 2.24) is 0 Å². The summed E-state index contributed by atoms with van der Waals surface area (Å²) in [5.74, 6) is -0.276. The molecule has 0 atom stereocenters. The maximum absolute atomic E-state index is 11.9. The molecule has 3 rings (SSSR count). The van der Waals surface area contributed by atoms with Crippen molar-refractivity contribution in [3.05, 3.63) is 70.6 Å². The molecule has 0 N–H and O–H groups in total. The van der Waals surface area contributed by atoms with Gasteiger partial charge in [-0.3, -0.25) is 0 Å². The molecule has 1 aromatic heterocycles. The van der Waals surface area contributed by atoms with E-state index in [1.54, 1.807) is 23.5 Å². The van der Waals surface area contributed by atoms with Crippen molar-refractivity contribution in [1.29, 1.82) is 0 Å². The Kier molecular flexibility index (Phi) is 3.52. The third kappa shape index (κ3) is 2.45. The smallest absolute Gasteiger partial charge is 0.338 e. The number of benzene rings is 2. The molecular weight excluding hydrogens is 268 g/mol. The topological polar surface area (TPSA) is 26.3 Å². The van der Waals surface area contributed by atoms with E-state index in [2.05, 4.69) is 19.1 Å². The minimum Gasteiger partial charge on any atom is -0.456 e. The first-order valence-electron chi connectivity index (χ1n) is 6.45. The SMILES string of the molecule is Cc1c(COC(=O)c2ccccc2)sc2ccccc12. The Balaban J connectivity index is 1.77. The molecule has 0 spiro atoms. The van der Waals surface area contributed by atoms with Gasteiger partial charge in [-0.1, -0.05) is 36.4 Å². The maximum atomic E-state index is 11.9. The molecule has 0 radical (unpaired) electrons. The Labute approximate surface area is 121 Å². The second-order valence-corrected chi connectivity index (χ2v) is 5.73. The van der Waals surface area contributed by atoms with Crippen LogP contribution in [0.2, 0.25) is 0 Å². The predicted octanol–water partition coefficient (Wildman–Crippen LogP) is 4.57. The Morgan fingerprint density at radius 3 is 2.50 bits per heavy atom. The lowest BCUT2D eigenvalue weighted by Crippen LogP contribution is -2.04. The van der Waals surface area contributed by atoms with Crippen LogP contribution in [0.15, 0.2) is 54.6 Å². The van der Waals surface area contributed by atoms with Gasteiger partial charge in [0, 0.05) is 9.58 Å². The molecule has 1 heterocycles. The molecule has 0 amide bonds. The fourth-order valence-electron chi connectivity index (χ4n) is 2.15. The molecule has 100 valence electrons. The van der Waals surface area contributed by atoms with Gasteiger partial charge in [-0.25, -0.2) is 4.79 Å². The largest absolute Gasteiger partial charge is 0.456 e. The molecule has 0 aliphatic heterocycles. The van der Waals surface area contributed by atoms with Crippen molar-refractivity contribution in [2.24, 2.45) is 0 Å². The molecule has 0 aliphatic carbocycles. The number of hydrogen-bond donors (Lipinski definition) is 0. The van der Waals surface area contributed by atoms with Gasteiger partial charge in [0.2, 0.25) is 0 Å². The van der Waals surface area contributed by atoms with E-state index in [0.29, 0.717) is 12.2 Å². The first kappa shape index (κ1) is 12.9. The van der Waals surface area contributed by atoms with Crippen LogP contribution in [0.4, 0.5) is 0 Å². The van der Waals surface area contributed by atoms with Crippen LogP contribution in [0.1, 0.15) is 20.8 Å². The Morgan fingerprint density at radius 1 is 1.05 bits per heavy atom. The van der Waals surface area contributed by atoms with E-state index in [1.807, 2.05) is 30.3 Å². The van der Waals surface area contributed by atoms with E-state index in [0.717, 1.165) is 4.88 Å². The third-order valence-electron chi connectivity index (χ3n) is 3.29. The third-order valence-corrected chi connectivity index (χ3v) is 4.53.